The molecular formula is C14H18ClNO5S. The van der Waals surface area contributed by atoms with E-state index in [4.69, 9.17) is 11.6 Å². The van der Waals surface area contributed by atoms with Crippen molar-refractivity contribution in [2.24, 2.45) is 0 Å². The van der Waals surface area contributed by atoms with E-state index in [1.807, 2.05) is 0 Å². The van der Waals surface area contributed by atoms with Crippen molar-refractivity contribution in [3.8, 4) is 0 Å². The molecule has 1 aromatic carbocycles. The van der Waals surface area contributed by atoms with E-state index in [0.717, 1.165) is 0 Å². The van der Waals surface area contributed by atoms with Gasteiger partial charge in [0.05, 0.1) is 0 Å². The maximum absolute atomic E-state index is 12.0. The van der Waals surface area contributed by atoms with Gasteiger partial charge in [0.2, 0.25) is 5.91 Å². The monoisotopic (exact) mass is 347 g/mol. The number of hydrogen-bond donors (Lipinski definition) is 2. The zero-order chi connectivity index (χ0) is 17.0. The molecule has 0 spiro atoms. The summed E-state index contributed by atoms with van der Waals surface area (Å²) in [6.45, 7) is 3.02. The lowest BCUT2D eigenvalue weighted by molar-refractivity contribution is -0.148. The zero-order valence-corrected chi connectivity index (χ0v) is 13.9. The summed E-state index contributed by atoms with van der Waals surface area (Å²) < 4.78 is 23.0. The van der Waals surface area contributed by atoms with Gasteiger partial charge in [-0.05, 0) is 24.1 Å². The summed E-state index contributed by atoms with van der Waals surface area (Å²) in [4.78, 5) is 23.7. The molecule has 0 aliphatic carbocycles. The van der Waals surface area contributed by atoms with Crippen molar-refractivity contribution in [1.82, 2.24) is 5.32 Å². The first-order valence-corrected chi connectivity index (χ1v) is 8.87. The highest BCUT2D eigenvalue weighted by Gasteiger charge is 2.40. The fourth-order valence-electron chi connectivity index (χ4n) is 2.00. The lowest BCUT2D eigenvalue weighted by atomic mass is 9.87. The molecule has 0 aliphatic rings. The van der Waals surface area contributed by atoms with Crippen LogP contribution in [0.4, 0.5) is 0 Å². The third kappa shape index (κ3) is 4.20. The highest BCUT2D eigenvalue weighted by atomic mass is 35.5. The molecule has 1 rings (SSSR count). The van der Waals surface area contributed by atoms with Gasteiger partial charge in [-0.2, -0.15) is 0 Å². The summed E-state index contributed by atoms with van der Waals surface area (Å²) in [6.07, 6.45) is 0.0574. The minimum atomic E-state index is -3.54. The van der Waals surface area contributed by atoms with E-state index in [-0.39, 0.29) is 12.2 Å². The van der Waals surface area contributed by atoms with Crippen molar-refractivity contribution in [2.75, 3.05) is 11.5 Å². The Balaban J connectivity index is 3.16. The van der Waals surface area contributed by atoms with Gasteiger partial charge in [0.1, 0.15) is 5.75 Å². The topological polar surface area (TPSA) is 101 Å². The molecule has 22 heavy (non-hydrogen) atoms. The minimum Gasteiger partial charge on any atom is -0.479 e. The van der Waals surface area contributed by atoms with Crippen molar-refractivity contribution >= 4 is 33.3 Å². The Kier molecular flexibility index (Phi) is 5.96. The molecule has 0 saturated heterocycles. The summed E-state index contributed by atoms with van der Waals surface area (Å²) in [5.74, 6) is -3.04. The van der Waals surface area contributed by atoms with Gasteiger partial charge in [-0.3, -0.25) is 4.79 Å². The molecule has 2 N–H and O–H groups in total. The Labute approximate surface area is 134 Å². The first kappa shape index (κ1) is 18.4. The predicted molar refractivity (Wildman–Crippen MR) is 83.5 cm³/mol. The molecule has 0 radical (unpaired) electrons. The standard InChI is InChI=1S/C14H18ClNO5S/c1-3-14(13(18)19,10-5-7-11(15)8-6-10)16-12(17)9-22(20,21)4-2/h5-8H,3-4,9H2,1-2H3,(H,16,17)(H,18,19). The van der Waals surface area contributed by atoms with Gasteiger partial charge in [-0.1, -0.05) is 37.6 Å². The number of carbonyl (C=O) groups is 2. The van der Waals surface area contributed by atoms with Crippen LogP contribution >= 0.6 is 11.6 Å². The van der Waals surface area contributed by atoms with Crippen LogP contribution in [0, 0.1) is 0 Å². The Hall–Kier alpha value is -1.60. The molecule has 0 fully saturated rings. The predicted octanol–water partition coefficient (Wildman–Crippen LogP) is 1.58. The number of sulfone groups is 1. The quantitative estimate of drug-likeness (QED) is 0.780. The largest absolute Gasteiger partial charge is 0.479 e. The third-order valence-electron chi connectivity index (χ3n) is 3.38. The van der Waals surface area contributed by atoms with E-state index < -0.39 is 33.0 Å². The lowest BCUT2D eigenvalue weighted by Crippen LogP contribution is -2.53. The number of rotatable bonds is 7. The molecule has 1 unspecified atom stereocenters. The Morgan fingerprint density at radius 3 is 2.18 bits per heavy atom. The summed E-state index contributed by atoms with van der Waals surface area (Å²) >= 11 is 5.78. The van der Waals surface area contributed by atoms with E-state index in [2.05, 4.69) is 5.32 Å². The molecule has 122 valence electrons. The number of nitrogens with one attached hydrogen (secondary N) is 1. The van der Waals surface area contributed by atoms with Crippen molar-refractivity contribution in [1.29, 1.82) is 0 Å². The van der Waals surface area contributed by atoms with Crippen LogP contribution in [-0.2, 0) is 25.0 Å². The van der Waals surface area contributed by atoms with E-state index in [1.165, 1.54) is 31.2 Å². The fourth-order valence-corrected chi connectivity index (χ4v) is 2.80. The molecule has 1 atom stereocenters. The van der Waals surface area contributed by atoms with Gasteiger partial charge in [-0.15, -0.1) is 0 Å². The van der Waals surface area contributed by atoms with E-state index in [9.17, 15) is 23.1 Å². The second kappa shape index (κ2) is 7.11. The molecule has 0 saturated carbocycles. The van der Waals surface area contributed by atoms with Gasteiger partial charge in [-0.25, -0.2) is 13.2 Å². The average Bonchev–Trinajstić information content (AvgIpc) is 2.45. The van der Waals surface area contributed by atoms with Crippen LogP contribution in [0.1, 0.15) is 25.8 Å². The normalized spacial score (nSPS) is 14.1. The maximum atomic E-state index is 12.0. The van der Waals surface area contributed by atoms with Gasteiger partial charge >= 0.3 is 5.97 Å². The molecule has 0 aromatic heterocycles. The second-order valence-electron chi connectivity index (χ2n) is 4.80. The highest BCUT2D eigenvalue weighted by molar-refractivity contribution is 7.92. The van der Waals surface area contributed by atoms with Crippen LogP contribution in [0.15, 0.2) is 24.3 Å². The van der Waals surface area contributed by atoms with Crippen LogP contribution in [0.3, 0.4) is 0 Å². The molecule has 1 aromatic rings. The second-order valence-corrected chi connectivity index (χ2v) is 7.59. The number of amides is 1. The van der Waals surface area contributed by atoms with Crippen LogP contribution < -0.4 is 5.32 Å². The molecular weight excluding hydrogens is 330 g/mol. The van der Waals surface area contributed by atoms with Gasteiger partial charge < -0.3 is 10.4 Å². The van der Waals surface area contributed by atoms with Crippen molar-refractivity contribution in [3.63, 3.8) is 0 Å². The average molecular weight is 348 g/mol. The first-order valence-electron chi connectivity index (χ1n) is 6.67. The van der Waals surface area contributed by atoms with E-state index in [1.54, 1.807) is 6.92 Å². The molecule has 0 aliphatic heterocycles. The Bertz CT molecular complexity index is 656. The lowest BCUT2D eigenvalue weighted by Gasteiger charge is -2.30. The van der Waals surface area contributed by atoms with Crippen molar-refractivity contribution < 1.29 is 23.1 Å². The molecule has 1 amide bonds. The third-order valence-corrected chi connectivity index (χ3v) is 5.21. The highest BCUT2D eigenvalue weighted by Crippen LogP contribution is 2.27. The Morgan fingerprint density at radius 2 is 1.77 bits per heavy atom. The number of halogens is 1. The fraction of sp³-hybridized carbons (Fsp3) is 0.429. The van der Waals surface area contributed by atoms with Crippen LogP contribution in [-0.4, -0.2) is 36.9 Å². The van der Waals surface area contributed by atoms with Gasteiger partial charge in [0, 0.05) is 10.8 Å². The van der Waals surface area contributed by atoms with E-state index >= 15 is 0 Å². The van der Waals surface area contributed by atoms with Crippen molar-refractivity contribution in [2.45, 2.75) is 25.8 Å². The summed E-state index contributed by atoms with van der Waals surface area (Å²) in [7, 11) is -3.54. The van der Waals surface area contributed by atoms with Crippen LogP contribution in [0.2, 0.25) is 5.02 Å². The van der Waals surface area contributed by atoms with Gasteiger partial charge in [0.25, 0.3) is 0 Å². The summed E-state index contributed by atoms with van der Waals surface area (Å²) in [5.41, 5.74) is -1.36. The molecule has 8 heteroatoms. The summed E-state index contributed by atoms with van der Waals surface area (Å²) in [6, 6.07) is 6.02. The Morgan fingerprint density at radius 1 is 1.23 bits per heavy atom. The number of carboxylic acids is 1. The minimum absolute atomic E-state index is 0.0574. The van der Waals surface area contributed by atoms with Crippen LogP contribution in [0.25, 0.3) is 0 Å². The number of carbonyl (C=O) groups excluding carboxylic acids is 1. The van der Waals surface area contributed by atoms with Crippen molar-refractivity contribution in [3.05, 3.63) is 34.9 Å². The number of benzene rings is 1. The zero-order valence-electron chi connectivity index (χ0n) is 12.3. The van der Waals surface area contributed by atoms with Crippen LogP contribution in [0.5, 0.6) is 0 Å². The molecule has 0 heterocycles. The van der Waals surface area contributed by atoms with Gasteiger partial charge in [0.15, 0.2) is 15.4 Å². The van der Waals surface area contributed by atoms with E-state index in [0.29, 0.717) is 10.6 Å². The molecule has 6 nitrogen and oxygen atoms in total. The SMILES string of the molecule is CCC(NC(=O)CS(=O)(=O)CC)(C(=O)O)c1ccc(Cl)cc1. The summed E-state index contributed by atoms with van der Waals surface area (Å²) in [5, 5.41) is 12.3. The maximum Gasteiger partial charge on any atom is 0.334 e. The number of hydrogen-bond acceptors (Lipinski definition) is 4. The number of aliphatic carboxylic acids is 1. The first-order chi connectivity index (χ1) is 10.2. The smallest absolute Gasteiger partial charge is 0.334 e. The number of carboxylic acid groups (broad SMARTS) is 1. The molecule has 0 bridgehead atoms.